The number of rotatable bonds is 12. The monoisotopic (exact) mass is 420 g/mol. The van der Waals surface area contributed by atoms with Gasteiger partial charge in [0.1, 0.15) is 0 Å². The van der Waals surface area contributed by atoms with E-state index in [9.17, 15) is 39.0 Å². The zero-order valence-electron chi connectivity index (χ0n) is 13.9. The molecule has 15 heteroatoms. The predicted molar refractivity (Wildman–Crippen MR) is 79.2 cm³/mol. The molecule has 0 saturated carbocycles. The molecule has 0 aliphatic carbocycles. The summed E-state index contributed by atoms with van der Waals surface area (Å²) in [4.78, 5) is 62.0. The van der Waals surface area contributed by atoms with Gasteiger partial charge in [-0.15, -0.1) is 0 Å². The molecule has 0 fully saturated rings. The Hall–Kier alpha value is -2.00. The van der Waals surface area contributed by atoms with Crippen molar-refractivity contribution in [1.29, 1.82) is 0 Å². The molecule has 0 aromatic heterocycles. The van der Waals surface area contributed by atoms with E-state index in [1.807, 2.05) is 0 Å². The van der Waals surface area contributed by atoms with Gasteiger partial charge < -0.3 is 40.2 Å². The Morgan fingerprint density at radius 2 is 0.704 bits per heavy atom. The largest absolute Gasteiger partial charge is 2.00 e. The summed E-state index contributed by atoms with van der Waals surface area (Å²) in [7, 11) is 0. The van der Waals surface area contributed by atoms with Gasteiger partial charge >= 0.3 is 61.6 Å². The van der Waals surface area contributed by atoms with Gasteiger partial charge in [-0.05, 0) is 0 Å². The Morgan fingerprint density at radius 3 is 0.815 bits per heavy atom. The molecule has 0 spiro atoms. The average Bonchev–Trinajstić information content (AvgIpc) is 2.33. The third-order valence-corrected chi connectivity index (χ3v) is 2.14. The Labute approximate surface area is 181 Å². The molecule has 0 aliphatic rings. The minimum atomic E-state index is -1.51. The predicted octanol–water partition coefficient (Wildman–Crippen LogP) is -5.97. The molecule has 0 aromatic carbocycles. The molecular weight excluding hydrogens is 404 g/mol. The number of nitrogens with zero attached hydrogens (tertiary/aromatic N) is 2. The first-order valence-electron chi connectivity index (χ1n) is 6.55. The molecule has 0 unspecified atom stereocenters. The summed E-state index contributed by atoms with van der Waals surface area (Å²) < 4.78 is 0. The topological polar surface area (TPSA) is 236 Å². The Bertz CT molecular complexity index is 428. The number of hydrogen-bond acceptors (Lipinski definition) is 10. The van der Waals surface area contributed by atoms with Gasteiger partial charge in [0.15, 0.2) is 0 Å². The number of aliphatic carboxylic acids is 6. The van der Waals surface area contributed by atoms with Gasteiger partial charge in [-0.2, -0.15) is 0 Å². The maximum Gasteiger partial charge on any atom is 2.00 e. The summed E-state index contributed by atoms with van der Waals surface area (Å²) in [5, 5.41) is 53.1. The van der Waals surface area contributed by atoms with E-state index >= 15 is 0 Å². The molecular formula is C12H16CaN2O12. The van der Waals surface area contributed by atoms with Crippen molar-refractivity contribution < 1.29 is 59.4 Å². The fourth-order valence-electron chi connectivity index (χ4n) is 1.47. The maximum atomic E-state index is 10.1. The van der Waals surface area contributed by atoms with Gasteiger partial charge in [0, 0.05) is 13.1 Å². The van der Waals surface area contributed by atoms with Crippen LogP contribution in [0.3, 0.4) is 0 Å². The van der Waals surface area contributed by atoms with Crippen molar-refractivity contribution in [3.63, 3.8) is 0 Å². The van der Waals surface area contributed by atoms with Gasteiger partial charge in [0.25, 0.3) is 0 Å². The second-order valence-corrected chi connectivity index (χ2v) is 4.61. The minimum Gasteiger partial charge on any atom is -0.549 e. The number of carboxylic acid groups (broad SMARTS) is 6. The van der Waals surface area contributed by atoms with Gasteiger partial charge in [0.2, 0.25) is 0 Å². The van der Waals surface area contributed by atoms with E-state index in [2.05, 4.69) is 0 Å². The quantitative estimate of drug-likeness (QED) is 0.215. The molecule has 148 valence electrons. The van der Waals surface area contributed by atoms with E-state index in [4.69, 9.17) is 20.4 Å². The molecule has 0 aromatic rings. The molecule has 14 nitrogen and oxygen atoms in total. The normalized spacial score (nSPS) is 9.56. The summed E-state index contributed by atoms with van der Waals surface area (Å²) in [6.45, 7) is -3.97. The summed E-state index contributed by atoms with van der Waals surface area (Å²) in [5.41, 5.74) is 0. The molecule has 0 rings (SSSR count). The number of carbonyl (C=O) groups is 6. The molecule has 0 amide bonds. The first-order chi connectivity index (χ1) is 11.8. The van der Waals surface area contributed by atoms with Crippen LogP contribution >= 0.6 is 0 Å². The van der Waals surface area contributed by atoms with Crippen LogP contribution in [0.2, 0.25) is 0 Å². The first-order valence-corrected chi connectivity index (χ1v) is 6.55. The van der Waals surface area contributed by atoms with Crippen LogP contribution in [0.25, 0.3) is 0 Å². The van der Waals surface area contributed by atoms with Crippen molar-refractivity contribution in [2.75, 3.05) is 39.3 Å². The zero-order valence-corrected chi connectivity index (χ0v) is 16.1. The van der Waals surface area contributed by atoms with E-state index in [0.717, 1.165) is 9.80 Å². The van der Waals surface area contributed by atoms with Gasteiger partial charge in [0.05, 0.1) is 38.1 Å². The zero-order chi connectivity index (χ0) is 20.9. The molecule has 0 heterocycles. The van der Waals surface area contributed by atoms with Crippen molar-refractivity contribution in [3.8, 4) is 0 Å². The van der Waals surface area contributed by atoms with Crippen LogP contribution in [0.4, 0.5) is 0 Å². The second-order valence-electron chi connectivity index (χ2n) is 4.61. The van der Waals surface area contributed by atoms with Crippen LogP contribution < -0.4 is 10.2 Å². The summed E-state index contributed by atoms with van der Waals surface area (Å²) in [6, 6.07) is 0. The smallest absolute Gasteiger partial charge is 0.549 e. The first kappa shape index (κ1) is 29.8. The van der Waals surface area contributed by atoms with Crippen LogP contribution in [-0.4, -0.2) is 143 Å². The fourth-order valence-corrected chi connectivity index (χ4v) is 1.47. The molecule has 0 bridgehead atoms. The molecule has 27 heavy (non-hydrogen) atoms. The second kappa shape index (κ2) is 16.2. The van der Waals surface area contributed by atoms with Crippen molar-refractivity contribution in [2.24, 2.45) is 0 Å². The Morgan fingerprint density at radius 1 is 0.519 bits per heavy atom. The average molecular weight is 420 g/mol. The fraction of sp³-hybridized carbons (Fsp3) is 0.500. The SMILES string of the molecule is O=C([O-])CN(CC(=O)O)CC(=O)O.O=C([O-])CN(CC(=O)O)CC(=O)O.[Ca+2]. The third kappa shape index (κ3) is 24.0. The van der Waals surface area contributed by atoms with E-state index in [-0.39, 0.29) is 37.7 Å². The molecule has 0 saturated heterocycles. The molecule has 4 N–H and O–H groups in total. The van der Waals surface area contributed by atoms with Crippen LogP contribution in [0, 0.1) is 0 Å². The number of carboxylic acids is 6. The molecule has 0 aliphatic heterocycles. The summed E-state index contributed by atoms with van der Waals surface area (Å²) in [5.74, 6) is -8.18. The van der Waals surface area contributed by atoms with Crippen LogP contribution in [-0.2, 0) is 28.8 Å². The van der Waals surface area contributed by atoms with E-state index in [1.54, 1.807) is 0 Å². The Kier molecular flexibility index (Phi) is 17.8. The number of hydrogen-bond donors (Lipinski definition) is 4. The van der Waals surface area contributed by atoms with E-state index in [0.29, 0.717) is 0 Å². The van der Waals surface area contributed by atoms with Gasteiger partial charge in [-0.25, -0.2) is 0 Å². The van der Waals surface area contributed by atoms with Gasteiger partial charge in [-0.3, -0.25) is 29.0 Å². The minimum absolute atomic E-state index is 0. The van der Waals surface area contributed by atoms with Crippen molar-refractivity contribution >= 4 is 73.6 Å². The molecule has 0 atom stereocenters. The van der Waals surface area contributed by atoms with Crippen LogP contribution in [0.15, 0.2) is 0 Å². The van der Waals surface area contributed by atoms with E-state index in [1.165, 1.54) is 0 Å². The summed E-state index contributed by atoms with van der Waals surface area (Å²) in [6.07, 6.45) is 0. The van der Waals surface area contributed by atoms with Crippen molar-refractivity contribution in [1.82, 2.24) is 9.80 Å². The third-order valence-electron chi connectivity index (χ3n) is 2.14. The van der Waals surface area contributed by atoms with Crippen molar-refractivity contribution in [3.05, 3.63) is 0 Å². The van der Waals surface area contributed by atoms with E-state index < -0.39 is 75.1 Å². The number of carbonyl (C=O) groups excluding carboxylic acids is 2. The van der Waals surface area contributed by atoms with Crippen LogP contribution in [0.1, 0.15) is 0 Å². The van der Waals surface area contributed by atoms with Gasteiger partial charge in [-0.1, -0.05) is 0 Å². The van der Waals surface area contributed by atoms with Crippen molar-refractivity contribution in [2.45, 2.75) is 0 Å². The standard InChI is InChI=1S/2C6H9NO6.Ca/c2*8-4(9)1-7(2-5(10)11)3-6(12)13;/h2*1-3H2,(H,8,9)(H,10,11)(H,12,13);/q;;+2/p-2. The summed E-state index contributed by atoms with van der Waals surface area (Å²) >= 11 is 0. The molecule has 0 radical (unpaired) electrons. The Balaban J connectivity index is -0.000000411. The maximum absolute atomic E-state index is 10.1. The van der Waals surface area contributed by atoms with Crippen LogP contribution in [0.5, 0.6) is 0 Å².